The highest BCUT2D eigenvalue weighted by molar-refractivity contribution is 7.17. The van der Waals surface area contributed by atoms with Crippen molar-refractivity contribution in [2.24, 2.45) is 23.2 Å². The van der Waals surface area contributed by atoms with Crippen LogP contribution in [0.2, 0.25) is 0 Å². The number of allylic oxidation sites excluding steroid dienone is 2. The fourth-order valence-corrected chi connectivity index (χ4v) is 6.57. The van der Waals surface area contributed by atoms with Gasteiger partial charge in [-0.25, -0.2) is 0 Å². The monoisotopic (exact) mass is 455 g/mol. The number of carbonyl (C=O) groups excluding carboxylic acids is 2. The molecule has 5 nitrogen and oxygen atoms in total. The van der Waals surface area contributed by atoms with Crippen molar-refractivity contribution in [1.29, 1.82) is 0 Å². The van der Waals surface area contributed by atoms with Crippen LogP contribution >= 0.6 is 11.3 Å². The Bertz CT molecular complexity index is 1020. The molecule has 2 bridgehead atoms. The van der Waals surface area contributed by atoms with Crippen molar-refractivity contribution < 1.29 is 19.4 Å². The van der Waals surface area contributed by atoms with Crippen molar-refractivity contribution in [3.05, 3.63) is 41.3 Å². The van der Waals surface area contributed by atoms with Crippen molar-refractivity contribution in [3.63, 3.8) is 0 Å². The summed E-state index contributed by atoms with van der Waals surface area (Å²) in [5.41, 5.74) is 0.908. The number of methoxy groups -OCH3 is 1. The van der Waals surface area contributed by atoms with Gasteiger partial charge in [0, 0.05) is 27.9 Å². The second-order valence-electron chi connectivity index (χ2n) is 9.86. The van der Waals surface area contributed by atoms with Gasteiger partial charge in [0.25, 0.3) is 5.91 Å². The first-order chi connectivity index (χ1) is 15.3. The molecule has 3 aliphatic carbocycles. The molecule has 3 aliphatic rings. The molecule has 172 valence electrons. The third-order valence-corrected chi connectivity index (χ3v) is 8.72. The van der Waals surface area contributed by atoms with Gasteiger partial charge in [-0.2, -0.15) is 0 Å². The summed E-state index contributed by atoms with van der Waals surface area (Å²) < 4.78 is 5.69. The number of carbonyl (C=O) groups is 2. The largest absolute Gasteiger partial charge is 0.508 e. The van der Waals surface area contributed by atoms with E-state index in [0.29, 0.717) is 23.8 Å². The number of esters is 1. The minimum atomic E-state index is -0.162. The lowest BCUT2D eigenvalue weighted by Gasteiger charge is -2.62. The molecule has 0 radical (unpaired) electrons. The minimum Gasteiger partial charge on any atom is -0.508 e. The topological polar surface area (TPSA) is 75.6 Å². The molecule has 1 aromatic carbocycles. The van der Waals surface area contributed by atoms with Crippen LogP contribution in [0.1, 0.15) is 62.7 Å². The Morgan fingerprint density at radius 3 is 2.84 bits per heavy atom. The molecule has 0 unspecified atom stereocenters. The summed E-state index contributed by atoms with van der Waals surface area (Å²) in [7, 11) is 1.42. The molecule has 0 spiro atoms. The predicted molar refractivity (Wildman–Crippen MR) is 128 cm³/mol. The fraction of sp³-hybridized carbons (Fsp3) is 0.538. The second kappa shape index (κ2) is 9.26. The normalized spacial score (nSPS) is 26.1. The highest BCUT2D eigenvalue weighted by atomic mass is 32.1. The van der Waals surface area contributed by atoms with Crippen LogP contribution in [0.25, 0.3) is 10.1 Å². The van der Waals surface area contributed by atoms with Crippen LogP contribution in [0.5, 0.6) is 5.75 Å². The maximum Gasteiger partial charge on any atom is 0.305 e. The summed E-state index contributed by atoms with van der Waals surface area (Å²) in [4.78, 5) is 24.5. The predicted octanol–water partition coefficient (Wildman–Crippen LogP) is 5.68. The number of ether oxygens (including phenoxy) is 1. The first-order valence-corrected chi connectivity index (χ1v) is 12.4. The Morgan fingerprint density at radius 2 is 2.09 bits per heavy atom. The number of hydrogen-bond acceptors (Lipinski definition) is 5. The zero-order chi connectivity index (χ0) is 22.9. The smallest absolute Gasteiger partial charge is 0.305 e. The maximum absolute atomic E-state index is 13.3. The number of fused-ring (bicyclic) bond motifs is 3. The molecule has 4 atom stereocenters. The first-order valence-electron chi connectivity index (χ1n) is 11.5. The Balaban J connectivity index is 1.43. The lowest BCUT2D eigenvalue weighted by Crippen LogP contribution is -2.63. The first kappa shape index (κ1) is 22.8. The number of phenolic OH excluding ortho intramolecular Hbond substituents is 1. The summed E-state index contributed by atoms with van der Waals surface area (Å²) >= 11 is 1.53. The van der Waals surface area contributed by atoms with E-state index in [1.54, 1.807) is 12.1 Å². The molecule has 1 heterocycles. The van der Waals surface area contributed by atoms with Gasteiger partial charge < -0.3 is 15.2 Å². The van der Waals surface area contributed by atoms with Gasteiger partial charge in [0.2, 0.25) is 0 Å². The van der Waals surface area contributed by atoms with E-state index >= 15 is 0 Å². The number of rotatable bonds is 8. The van der Waals surface area contributed by atoms with Gasteiger partial charge >= 0.3 is 5.97 Å². The Hall–Kier alpha value is -2.34. The number of thiophene rings is 1. The standard InChI is InChI=1S/C26H33NO4S/c1-26(2)17-12-16(8-6-4-5-7-9-23(29)31-3)24(21(26)13-17)27-25(30)20-15-32-22-11-10-18(28)14-19(20)22/h4,6,10-11,14-17,21,24,28H,5,7-9,12-13H2,1-3H3,(H,27,30)/b6-4-/t16-,17+,21+,24+/m0/s1. The van der Waals surface area contributed by atoms with Crippen molar-refractivity contribution in [2.75, 3.05) is 7.11 Å². The molecule has 5 rings (SSSR count). The van der Waals surface area contributed by atoms with Crippen LogP contribution in [0.15, 0.2) is 35.7 Å². The summed E-state index contributed by atoms with van der Waals surface area (Å²) in [5, 5.41) is 16.0. The lowest BCUT2D eigenvalue weighted by atomic mass is 9.44. The van der Waals surface area contributed by atoms with Crippen LogP contribution in [0.3, 0.4) is 0 Å². The lowest BCUT2D eigenvalue weighted by molar-refractivity contribution is -0.140. The van der Waals surface area contributed by atoms with Gasteiger partial charge in [0.05, 0.1) is 12.7 Å². The third-order valence-electron chi connectivity index (χ3n) is 7.76. The van der Waals surface area contributed by atoms with E-state index < -0.39 is 0 Å². The number of hydrogen-bond donors (Lipinski definition) is 2. The van der Waals surface area contributed by atoms with Gasteiger partial charge in [-0.3, -0.25) is 9.59 Å². The molecular formula is C26H33NO4S. The van der Waals surface area contributed by atoms with E-state index in [1.165, 1.54) is 24.9 Å². The van der Waals surface area contributed by atoms with Gasteiger partial charge in [-0.1, -0.05) is 26.0 Å². The number of unbranched alkanes of at least 4 members (excludes halogenated alkanes) is 1. The van der Waals surface area contributed by atoms with Crippen molar-refractivity contribution in [2.45, 2.75) is 58.4 Å². The zero-order valence-corrected chi connectivity index (χ0v) is 19.9. The molecule has 0 saturated heterocycles. The van der Waals surface area contributed by atoms with E-state index in [4.69, 9.17) is 0 Å². The summed E-state index contributed by atoms with van der Waals surface area (Å²) in [6.07, 6.45) is 9.74. The molecular weight excluding hydrogens is 422 g/mol. The molecule has 1 aromatic heterocycles. The molecule has 1 amide bonds. The van der Waals surface area contributed by atoms with E-state index in [2.05, 4.69) is 36.1 Å². The molecule has 32 heavy (non-hydrogen) atoms. The highest BCUT2D eigenvalue weighted by Crippen LogP contribution is 2.61. The second-order valence-corrected chi connectivity index (χ2v) is 10.8. The summed E-state index contributed by atoms with van der Waals surface area (Å²) in [6.45, 7) is 4.67. The highest BCUT2D eigenvalue weighted by Gasteiger charge is 2.57. The Labute approximate surface area is 193 Å². The molecule has 3 fully saturated rings. The van der Waals surface area contributed by atoms with E-state index in [9.17, 15) is 14.7 Å². The maximum atomic E-state index is 13.3. The van der Waals surface area contributed by atoms with E-state index in [0.717, 1.165) is 41.7 Å². The van der Waals surface area contributed by atoms with E-state index in [-0.39, 0.29) is 29.1 Å². The van der Waals surface area contributed by atoms with Crippen LogP contribution in [0, 0.1) is 23.2 Å². The third kappa shape index (κ3) is 4.42. The Morgan fingerprint density at radius 1 is 1.28 bits per heavy atom. The average Bonchev–Trinajstić information content (AvgIpc) is 3.19. The van der Waals surface area contributed by atoms with Crippen molar-refractivity contribution in [1.82, 2.24) is 5.32 Å². The average molecular weight is 456 g/mol. The minimum absolute atomic E-state index is 0.0416. The van der Waals surface area contributed by atoms with Gasteiger partial charge in [0.1, 0.15) is 5.75 Å². The number of aromatic hydroxyl groups is 1. The van der Waals surface area contributed by atoms with Crippen LogP contribution in [-0.4, -0.2) is 30.1 Å². The molecule has 2 aromatic rings. The van der Waals surface area contributed by atoms with E-state index in [1.807, 2.05) is 11.4 Å². The SMILES string of the molecule is COC(=O)CCC/C=C\C[C@H]1C[C@@H]2C[C@H]([C@@H]1NC(=O)c1csc3ccc(O)cc13)C2(C)C. The number of benzene rings is 1. The summed E-state index contributed by atoms with van der Waals surface area (Å²) in [6, 6.07) is 5.35. The summed E-state index contributed by atoms with van der Waals surface area (Å²) in [5.74, 6) is 1.61. The zero-order valence-electron chi connectivity index (χ0n) is 19.1. The molecule has 6 heteroatoms. The number of amides is 1. The van der Waals surface area contributed by atoms with Crippen LogP contribution in [-0.2, 0) is 9.53 Å². The molecule has 2 N–H and O–H groups in total. The van der Waals surface area contributed by atoms with Gasteiger partial charge in [0.15, 0.2) is 0 Å². The Kier molecular flexibility index (Phi) is 6.61. The molecule has 3 saturated carbocycles. The van der Waals surface area contributed by atoms with Gasteiger partial charge in [-0.15, -0.1) is 11.3 Å². The fourth-order valence-electron chi connectivity index (χ4n) is 5.64. The van der Waals surface area contributed by atoms with Crippen LogP contribution in [0.4, 0.5) is 0 Å². The molecule has 0 aliphatic heterocycles. The number of nitrogens with one attached hydrogen (secondary N) is 1. The quantitative estimate of drug-likeness (QED) is 0.305. The van der Waals surface area contributed by atoms with Crippen molar-refractivity contribution >= 4 is 33.3 Å². The number of phenols is 1. The van der Waals surface area contributed by atoms with Crippen LogP contribution < -0.4 is 5.32 Å². The van der Waals surface area contributed by atoms with Crippen molar-refractivity contribution in [3.8, 4) is 5.75 Å². The van der Waals surface area contributed by atoms with Gasteiger partial charge in [-0.05, 0) is 73.5 Å².